The zero-order chi connectivity index (χ0) is 12.1. The normalized spacial score (nSPS) is 19.4. The van der Waals surface area contributed by atoms with Crippen LogP contribution < -0.4 is 5.32 Å². The highest BCUT2D eigenvalue weighted by molar-refractivity contribution is 5.42. The van der Waals surface area contributed by atoms with Crippen molar-refractivity contribution in [1.29, 1.82) is 0 Å². The molecule has 1 aliphatic rings. The molecule has 0 amide bonds. The second-order valence-corrected chi connectivity index (χ2v) is 5.84. The molecule has 17 heavy (non-hydrogen) atoms. The third kappa shape index (κ3) is 4.04. The Morgan fingerprint density at radius 2 is 2.00 bits per heavy atom. The van der Waals surface area contributed by atoms with Gasteiger partial charge in [0.1, 0.15) is 0 Å². The second-order valence-electron chi connectivity index (χ2n) is 5.84. The SMILES string of the molecule is CC1(C)CCN(CCCNc2ccccc2)C1. The van der Waals surface area contributed by atoms with E-state index in [1.165, 1.54) is 38.2 Å². The molecule has 94 valence electrons. The van der Waals surface area contributed by atoms with Gasteiger partial charge in [0.2, 0.25) is 0 Å². The summed E-state index contributed by atoms with van der Waals surface area (Å²) in [6.07, 6.45) is 2.57. The molecule has 1 heterocycles. The van der Waals surface area contributed by atoms with Crippen molar-refractivity contribution >= 4 is 5.69 Å². The van der Waals surface area contributed by atoms with Crippen molar-refractivity contribution in [2.75, 3.05) is 31.5 Å². The van der Waals surface area contributed by atoms with E-state index in [-0.39, 0.29) is 0 Å². The van der Waals surface area contributed by atoms with Crippen LogP contribution in [0.15, 0.2) is 30.3 Å². The Kier molecular flexibility index (Phi) is 4.06. The van der Waals surface area contributed by atoms with Crippen LogP contribution in [-0.2, 0) is 0 Å². The third-order valence-corrected chi connectivity index (χ3v) is 3.51. The van der Waals surface area contributed by atoms with Crippen molar-refractivity contribution in [3.8, 4) is 0 Å². The second kappa shape index (κ2) is 5.54. The Hall–Kier alpha value is -1.02. The third-order valence-electron chi connectivity index (χ3n) is 3.51. The Labute approximate surface area is 105 Å². The molecule has 0 radical (unpaired) electrons. The standard InChI is InChI=1S/C15H24N2/c1-15(2)9-12-17(13-15)11-6-10-16-14-7-4-3-5-8-14/h3-5,7-8,16H,6,9-13H2,1-2H3. The van der Waals surface area contributed by atoms with Crippen LogP contribution in [-0.4, -0.2) is 31.1 Å². The van der Waals surface area contributed by atoms with Crippen LogP contribution in [0.1, 0.15) is 26.7 Å². The van der Waals surface area contributed by atoms with Crippen molar-refractivity contribution in [1.82, 2.24) is 4.90 Å². The quantitative estimate of drug-likeness (QED) is 0.784. The summed E-state index contributed by atoms with van der Waals surface area (Å²) in [4.78, 5) is 2.59. The summed E-state index contributed by atoms with van der Waals surface area (Å²) in [5.74, 6) is 0. The van der Waals surface area contributed by atoms with E-state index in [4.69, 9.17) is 0 Å². The first-order valence-electron chi connectivity index (χ1n) is 6.67. The maximum Gasteiger partial charge on any atom is 0.0340 e. The molecule has 2 heteroatoms. The van der Waals surface area contributed by atoms with Crippen molar-refractivity contribution in [2.24, 2.45) is 5.41 Å². The summed E-state index contributed by atoms with van der Waals surface area (Å²) >= 11 is 0. The van der Waals surface area contributed by atoms with Gasteiger partial charge in [0.25, 0.3) is 0 Å². The van der Waals surface area contributed by atoms with Crippen molar-refractivity contribution in [3.05, 3.63) is 30.3 Å². The largest absolute Gasteiger partial charge is 0.385 e. The highest BCUT2D eigenvalue weighted by Crippen LogP contribution is 2.28. The first kappa shape index (κ1) is 12.4. The minimum Gasteiger partial charge on any atom is -0.385 e. The van der Waals surface area contributed by atoms with Crippen molar-refractivity contribution in [3.63, 3.8) is 0 Å². The van der Waals surface area contributed by atoms with E-state index < -0.39 is 0 Å². The molecule has 1 fully saturated rings. The lowest BCUT2D eigenvalue weighted by atomic mass is 9.93. The molecular weight excluding hydrogens is 208 g/mol. The van der Waals surface area contributed by atoms with E-state index in [0.717, 1.165) is 6.54 Å². The number of rotatable bonds is 5. The van der Waals surface area contributed by atoms with E-state index in [1.54, 1.807) is 0 Å². The Balaban J connectivity index is 1.61. The average Bonchev–Trinajstić information content (AvgIpc) is 2.66. The molecule has 1 N–H and O–H groups in total. The fourth-order valence-corrected chi connectivity index (χ4v) is 2.51. The molecular formula is C15H24N2. The Bertz CT molecular complexity index is 332. The summed E-state index contributed by atoms with van der Waals surface area (Å²) in [6.45, 7) is 9.57. The lowest BCUT2D eigenvalue weighted by Gasteiger charge is -2.19. The van der Waals surface area contributed by atoms with Gasteiger partial charge in [-0.1, -0.05) is 32.0 Å². The summed E-state index contributed by atoms with van der Waals surface area (Å²) < 4.78 is 0. The molecule has 0 saturated carbocycles. The van der Waals surface area contributed by atoms with Crippen LogP contribution >= 0.6 is 0 Å². The van der Waals surface area contributed by atoms with Gasteiger partial charge >= 0.3 is 0 Å². The smallest absolute Gasteiger partial charge is 0.0340 e. The van der Waals surface area contributed by atoms with Gasteiger partial charge in [-0.15, -0.1) is 0 Å². The predicted octanol–water partition coefficient (Wildman–Crippen LogP) is 3.22. The average molecular weight is 232 g/mol. The first-order chi connectivity index (χ1) is 8.16. The molecule has 2 rings (SSSR count). The van der Waals surface area contributed by atoms with Gasteiger partial charge in [-0.25, -0.2) is 0 Å². The maximum absolute atomic E-state index is 3.46. The number of hydrogen-bond acceptors (Lipinski definition) is 2. The molecule has 2 nitrogen and oxygen atoms in total. The maximum atomic E-state index is 3.46. The lowest BCUT2D eigenvalue weighted by molar-refractivity contribution is 0.290. The van der Waals surface area contributed by atoms with Crippen LogP contribution in [0.3, 0.4) is 0 Å². The van der Waals surface area contributed by atoms with Crippen molar-refractivity contribution in [2.45, 2.75) is 26.7 Å². The summed E-state index contributed by atoms with van der Waals surface area (Å²) in [5.41, 5.74) is 1.77. The van der Waals surface area contributed by atoms with Crippen LogP contribution in [0.25, 0.3) is 0 Å². The van der Waals surface area contributed by atoms with E-state index in [2.05, 4.69) is 54.4 Å². The topological polar surface area (TPSA) is 15.3 Å². The van der Waals surface area contributed by atoms with E-state index >= 15 is 0 Å². The lowest BCUT2D eigenvalue weighted by Crippen LogP contribution is -2.25. The number of likely N-dealkylation sites (tertiary alicyclic amines) is 1. The predicted molar refractivity (Wildman–Crippen MR) is 74.4 cm³/mol. The van der Waals surface area contributed by atoms with Gasteiger partial charge in [0, 0.05) is 18.8 Å². The zero-order valence-electron chi connectivity index (χ0n) is 11.1. The van der Waals surface area contributed by atoms with Gasteiger partial charge in [-0.05, 0) is 43.5 Å². The van der Waals surface area contributed by atoms with E-state index in [1.807, 2.05) is 0 Å². The van der Waals surface area contributed by atoms with Gasteiger partial charge in [-0.3, -0.25) is 0 Å². The minimum atomic E-state index is 0.535. The zero-order valence-corrected chi connectivity index (χ0v) is 11.1. The highest BCUT2D eigenvalue weighted by atomic mass is 15.2. The molecule has 0 aliphatic carbocycles. The van der Waals surface area contributed by atoms with E-state index in [9.17, 15) is 0 Å². The van der Waals surface area contributed by atoms with Crippen LogP contribution in [0.2, 0.25) is 0 Å². The summed E-state index contributed by atoms with van der Waals surface area (Å²) in [5, 5.41) is 3.46. The molecule has 0 unspecified atom stereocenters. The number of nitrogens with one attached hydrogen (secondary N) is 1. The van der Waals surface area contributed by atoms with Gasteiger partial charge in [0.15, 0.2) is 0 Å². The number of hydrogen-bond donors (Lipinski definition) is 1. The molecule has 0 atom stereocenters. The Morgan fingerprint density at radius 3 is 2.65 bits per heavy atom. The van der Waals surface area contributed by atoms with Gasteiger partial charge in [-0.2, -0.15) is 0 Å². The first-order valence-corrected chi connectivity index (χ1v) is 6.67. The summed E-state index contributed by atoms with van der Waals surface area (Å²) in [6, 6.07) is 10.5. The monoisotopic (exact) mass is 232 g/mol. The summed E-state index contributed by atoms with van der Waals surface area (Å²) in [7, 11) is 0. The fraction of sp³-hybridized carbons (Fsp3) is 0.600. The molecule has 1 aliphatic heterocycles. The van der Waals surface area contributed by atoms with Gasteiger partial charge < -0.3 is 10.2 Å². The van der Waals surface area contributed by atoms with Crippen LogP contribution in [0, 0.1) is 5.41 Å². The van der Waals surface area contributed by atoms with Crippen LogP contribution in [0.4, 0.5) is 5.69 Å². The highest BCUT2D eigenvalue weighted by Gasteiger charge is 2.28. The van der Waals surface area contributed by atoms with E-state index in [0.29, 0.717) is 5.41 Å². The molecule has 1 aromatic carbocycles. The molecule has 0 bridgehead atoms. The molecule has 1 saturated heterocycles. The number of benzene rings is 1. The molecule has 1 aromatic rings. The van der Waals surface area contributed by atoms with Gasteiger partial charge in [0.05, 0.1) is 0 Å². The number of para-hydroxylation sites is 1. The molecule has 0 spiro atoms. The fourth-order valence-electron chi connectivity index (χ4n) is 2.51. The number of nitrogens with zero attached hydrogens (tertiary/aromatic N) is 1. The number of anilines is 1. The Morgan fingerprint density at radius 1 is 1.24 bits per heavy atom. The molecule has 0 aromatic heterocycles. The van der Waals surface area contributed by atoms with Crippen molar-refractivity contribution < 1.29 is 0 Å². The minimum absolute atomic E-state index is 0.535. The van der Waals surface area contributed by atoms with Crippen LogP contribution in [0.5, 0.6) is 0 Å².